The predicted octanol–water partition coefficient (Wildman–Crippen LogP) is 17.8. The van der Waals surface area contributed by atoms with Gasteiger partial charge in [0.15, 0.2) is 6.10 Å². The second-order valence-electron chi connectivity index (χ2n) is 17.8. The highest BCUT2D eigenvalue weighted by Gasteiger charge is 2.19. The number of rotatable bonds is 48. The Bertz CT molecular complexity index is 1210. The fourth-order valence-electron chi connectivity index (χ4n) is 7.34. The first kappa shape index (κ1) is 60.9. The van der Waals surface area contributed by atoms with Crippen molar-refractivity contribution in [2.75, 3.05) is 13.2 Å². The van der Waals surface area contributed by atoms with Gasteiger partial charge >= 0.3 is 17.9 Å². The summed E-state index contributed by atoms with van der Waals surface area (Å²) in [5.74, 6) is -1.01. The van der Waals surface area contributed by atoms with E-state index in [1.54, 1.807) is 0 Å². The molecule has 0 aliphatic carbocycles. The molecular formula is C58H100O6. The molecule has 0 N–H and O–H groups in total. The average molecular weight is 893 g/mol. The van der Waals surface area contributed by atoms with Gasteiger partial charge in [0.05, 0.1) is 0 Å². The van der Waals surface area contributed by atoms with E-state index in [2.05, 4.69) is 87.6 Å². The zero-order valence-corrected chi connectivity index (χ0v) is 42.0. The lowest BCUT2D eigenvalue weighted by Gasteiger charge is -2.18. The molecule has 0 radical (unpaired) electrons. The van der Waals surface area contributed by atoms with Crippen LogP contribution in [0.2, 0.25) is 0 Å². The van der Waals surface area contributed by atoms with Gasteiger partial charge in [0, 0.05) is 19.3 Å². The highest BCUT2D eigenvalue weighted by molar-refractivity contribution is 5.71. The van der Waals surface area contributed by atoms with Crippen molar-refractivity contribution in [1.82, 2.24) is 0 Å². The number of hydrogen-bond donors (Lipinski definition) is 0. The molecule has 368 valence electrons. The summed E-state index contributed by atoms with van der Waals surface area (Å²) in [5.41, 5.74) is 0. The summed E-state index contributed by atoms with van der Waals surface area (Å²) in [6, 6.07) is 0. The first-order chi connectivity index (χ1) is 31.5. The molecular weight excluding hydrogens is 793 g/mol. The van der Waals surface area contributed by atoms with Crippen molar-refractivity contribution >= 4 is 17.9 Å². The van der Waals surface area contributed by atoms with Crippen LogP contribution in [0.4, 0.5) is 0 Å². The molecule has 0 aromatic rings. The molecule has 0 spiro atoms. The maximum atomic E-state index is 12.8. The Morgan fingerprint density at radius 2 is 0.641 bits per heavy atom. The average Bonchev–Trinajstić information content (AvgIpc) is 3.29. The molecule has 6 heteroatoms. The third-order valence-corrected chi connectivity index (χ3v) is 11.4. The fourth-order valence-corrected chi connectivity index (χ4v) is 7.34. The highest BCUT2D eigenvalue weighted by atomic mass is 16.6. The summed E-state index contributed by atoms with van der Waals surface area (Å²) >= 11 is 0. The van der Waals surface area contributed by atoms with Crippen molar-refractivity contribution in [3.63, 3.8) is 0 Å². The topological polar surface area (TPSA) is 78.9 Å². The van der Waals surface area contributed by atoms with Crippen molar-refractivity contribution in [3.8, 4) is 0 Å². The minimum Gasteiger partial charge on any atom is -0.462 e. The largest absolute Gasteiger partial charge is 0.462 e. The zero-order valence-electron chi connectivity index (χ0n) is 42.0. The number of hydrogen-bond acceptors (Lipinski definition) is 6. The minimum absolute atomic E-state index is 0.107. The normalized spacial score (nSPS) is 12.6. The summed E-state index contributed by atoms with van der Waals surface area (Å²) in [5, 5.41) is 0. The van der Waals surface area contributed by atoms with Gasteiger partial charge < -0.3 is 14.2 Å². The van der Waals surface area contributed by atoms with Crippen molar-refractivity contribution in [3.05, 3.63) is 72.9 Å². The molecule has 0 aliphatic heterocycles. The number of esters is 3. The SMILES string of the molecule is CCCCC/C=C/C/C=C/CCCCCCCCCC(=O)OCC(COC(=O)CC/C=C/C/C=C/CCCCCCCC)OC(=O)CCCCC/C=C/C=C/CCCCCCCCC. The van der Waals surface area contributed by atoms with Crippen LogP contribution >= 0.6 is 0 Å². The summed E-state index contributed by atoms with van der Waals surface area (Å²) in [6.07, 6.45) is 66.1. The van der Waals surface area contributed by atoms with E-state index in [1.165, 1.54) is 135 Å². The van der Waals surface area contributed by atoms with E-state index in [9.17, 15) is 14.4 Å². The van der Waals surface area contributed by atoms with Crippen LogP contribution in [0.15, 0.2) is 72.9 Å². The third kappa shape index (κ3) is 49.9. The van der Waals surface area contributed by atoms with Crippen LogP contribution in [0.5, 0.6) is 0 Å². The number of ether oxygens (including phenoxy) is 3. The first-order valence-electron chi connectivity index (χ1n) is 27.0. The summed E-state index contributed by atoms with van der Waals surface area (Å²) in [4.78, 5) is 38.0. The van der Waals surface area contributed by atoms with Gasteiger partial charge in [-0.25, -0.2) is 0 Å². The summed E-state index contributed by atoms with van der Waals surface area (Å²) in [7, 11) is 0. The zero-order chi connectivity index (χ0) is 46.5. The number of carbonyl (C=O) groups is 3. The molecule has 1 atom stereocenters. The molecule has 64 heavy (non-hydrogen) atoms. The van der Waals surface area contributed by atoms with Gasteiger partial charge in [-0.15, -0.1) is 0 Å². The van der Waals surface area contributed by atoms with Crippen molar-refractivity contribution < 1.29 is 28.6 Å². The van der Waals surface area contributed by atoms with Crippen LogP contribution in [0.1, 0.15) is 258 Å². The van der Waals surface area contributed by atoms with Crippen molar-refractivity contribution in [2.45, 2.75) is 264 Å². The lowest BCUT2D eigenvalue weighted by Crippen LogP contribution is -2.30. The van der Waals surface area contributed by atoms with Gasteiger partial charge in [-0.2, -0.15) is 0 Å². The van der Waals surface area contributed by atoms with Crippen LogP contribution in [0, 0.1) is 0 Å². The molecule has 0 aromatic carbocycles. The molecule has 0 saturated heterocycles. The van der Waals surface area contributed by atoms with Crippen LogP contribution < -0.4 is 0 Å². The van der Waals surface area contributed by atoms with Gasteiger partial charge in [0.2, 0.25) is 0 Å². The predicted molar refractivity (Wildman–Crippen MR) is 274 cm³/mol. The van der Waals surface area contributed by atoms with Gasteiger partial charge in [0.25, 0.3) is 0 Å². The Hall–Kier alpha value is -3.15. The quantitative estimate of drug-likeness (QED) is 0.0199. The Kier molecular flexibility index (Phi) is 49.9. The van der Waals surface area contributed by atoms with E-state index < -0.39 is 6.10 Å². The maximum Gasteiger partial charge on any atom is 0.306 e. The Balaban J connectivity index is 4.49. The maximum absolute atomic E-state index is 12.8. The van der Waals surface area contributed by atoms with Crippen molar-refractivity contribution in [1.29, 1.82) is 0 Å². The monoisotopic (exact) mass is 893 g/mol. The molecule has 0 rings (SSSR count). The first-order valence-corrected chi connectivity index (χ1v) is 27.0. The molecule has 0 bridgehead atoms. The molecule has 0 saturated carbocycles. The van der Waals surface area contributed by atoms with E-state index in [4.69, 9.17) is 14.2 Å². The van der Waals surface area contributed by atoms with Crippen LogP contribution in [-0.2, 0) is 28.6 Å². The molecule has 1 unspecified atom stereocenters. The fraction of sp³-hybridized carbons (Fsp3) is 0.741. The lowest BCUT2D eigenvalue weighted by atomic mass is 10.1. The highest BCUT2D eigenvalue weighted by Crippen LogP contribution is 2.13. The van der Waals surface area contributed by atoms with E-state index >= 15 is 0 Å². The van der Waals surface area contributed by atoms with Crippen LogP contribution in [0.3, 0.4) is 0 Å². The van der Waals surface area contributed by atoms with Gasteiger partial charge in [-0.3, -0.25) is 14.4 Å². The Morgan fingerprint density at radius 1 is 0.328 bits per heavy atom. The van der Waals surface area contributed by atoms with Gasteiger partial charge in [-0.1, -0.05) is 216 Å². The number of carbonyl (C=O) groups excluding carboxylic acids is 3. The van der Waals surface area contributed by atoms with Crippen LogP contribution in [-0.4, -0.2) is 37.2 Å². The van der Waals surface area contributed by atoms with Gasteiger partial charge in [-0.05, 0) is 96.3 Å². The van der Waals surface area contributed by atoms with E-state index in [0.717, 1.165) is 77.0 Å². The summed E-state index contributed by atoms with van der Waals surface area (Å²) < 4.78 is 16.7. The second-order valence-corrected chi connectivity index (χ2v) is 17.8. The van der Waals surface area contributed by atoms with Gasteiger partial charge in [0.1, 0.15) is 13.2 Å². The van der Waals surface area contributed by atoms with Crippen LogP contribution in [0.25, 0.3) is 0 Å². The molecule has 0 fully saturated rings. The number of allylic oxidation sites excluding steroid dienone is 12. The molecule has 0 amide bonds. The van der Waals surface area contributed by atoms with E-state index in [0.29, 0.717) is 12.8 Å². The summed E-state index contributed by atoms with van der Waals surface area (Å²) in [6.45, 7) is 6.52. The van der Waals surface area contributed by atoms with E-state index in [-0.39, 0.29) is 44.0 Å². The Labute approximate surface area is 395 Å². The third-order valence-electron chi connectivity index (χ3n) is 11.4. The number of unbranched alkanes of at least 4 members (excludes halogenated alkanes) is 26. The second kappa shape index (κ2) is 52.5. The van der Waals surface area contributed by atoms with Crippen molar-refractivity contribution in [2.24, 2.45) is 0 Å². The molecule has 6 nitrogen and oxygen atoms in total. The molecule has 0 aliphatic rings. The molecule has 0 heterocycles. The smallest absolute Gasteiger partial charge is 0.306 e. The van der Waals surface area contributed by atoms with E-state index in [1.807, 2.05) is 6.08 Å². The molecule has 0 aromatic heterocycles. The lowest BCUT2D eigenvalue weighted by molar-refractivity contribution is -0.166. The minimum atomic E-state index is -0.814. The Morgan fingerprint density at radius 3 is 1.09 bits per heavy atom. The standard InChI is InChI=1S/C58H100O6/c1-4-7-10-13-16-19-22-25-27-29-31-33-36-39-42-45-48-51-57(60)63-54-55(53-62-56(59)50-47-44-41-38-35-32-24-21-18-15-12-9-6-3)64-58(61)52-49-46-43-40-37-34-30-28-26-23-20-17-14-11-8-5-2/h16,19,25,27-28,30,32,34-35,37,41,44,55H,4-15,17-18,20-24,26,29,31,33,36,38-40,42-43,45-54H2,1-3H3/b19-16+,27-25+,30-28+,35-32+,37-34+,44-41+.